The molecule has 0 bridgehead atoms. The van der Waals surface area contributed by atoms with Crippen molar-refractivity contribution in [3.05, 3.63) is 25.3 Å². The summed E-state index contributed by atoms with van der Waals surface area (Å²) in [7, 11) is 2.21. The van der Waals surface area contributed by atoms with Crippen LogP contribution >= 0.6 is 0 Å². The fourth-order valence-corrected chi connectivity index (χ4v) is 5.19. The van der Waals surface area contributed by atoms with Gasteiger partial charge in [-0.2, -0.15) is 0 Å². The van der Waals surface area contributed by atoms with E-state index in [-0.39, 0.29) is 11.8 Å². The molecule has 3 rings (SSSR count). The summed E-state index contributed by atoms with van der Waals surface area (Å²) in [5.74, 6) is 3.22. The van der Waals surface area contributed by atoms with Gasteiger partial charge in [0.1, 0.15) is 0 Å². The maximum absolute atomic E-state index is 11.3. The number of rotatable bonds is 4. The van der Waals surface area contributed by atoms with Crippen LogP contribution in [-0.4, -0.2) is 72.3 Å². The van der Waals surface area contributed by atoms with Gasteiger partial charge in [-0.25, -0.2) is 0 Å². The number of hydrogen-bond acceptors (Lipinski definition) is 3. The summed E-state index contributed by atoms with van der Waals surface area (Å²) in [6.45, 7) is 28.0. The third-order valence-corrected chi connectivity index (χ3v) is 7.80. The fraction of sp³-hybridized carbons (Fsp3) is 0.793. The predicted octanol–water partition coefficient (Wildman–Crippen LogP) is 5.48. The van der Waals surface area contributed by atoms with Gasteiger partial charge >= 0.3 is 0 Å². The summed E-state index contributed by atoms with van der Waals surface area (Å²) in [4.78, 5) is 28.9. The first-order valence-corrected chi connectivity index (χ1v) is 13.3. The van der Waals surface area contributed by atoms with Gasteiger partial charge in [0, 0.05) is 32.2 Å². The topological polar surface area (TPSA) is 43.9 Å². The lowest BCUT2D eigenvalue weighted by atomic mass is 9.80. The Balaban J connectivity index is 0.000000259. The summed E-state index contributed by atoms with van der Waals surface area (Å²) >= 11 is 0. The van der Waals surface area contributed by atoms with Crippen molar-refractivity contribution in [1.29, 1.82) is 0 Å². The Bertz CT molecular complexity index is 665. The normalized spacial score (nSPS) is 25.1. The first kappa shape index (κ1) is 30.4. The molecule has 0 aliphatic carbocycles. The highest BCUT2D eigenvalue weighted by Gasteiger charge is 2.33. The molecule has 2 amide bonds. The molecule has 3 aliphatic rings. The van der Waals surface area contributed by atoms with E-state index >= 15 is 0 Å². The maximum Gasteiger partial charge on any atom is 0.246 e. The quantitative estimate of drug-likeness (QED) is 0.506. The van der Waals surface area contributed by atoms with E-state index in [1.807, 2.05) is 9.80 Å². The first-order valence-electron chi connectivity index (χ1n) is 13.3. The van der Waals surface area contributed by atoms with E-state index < -0.39 is 0 Å². The summed E-state index contributed by atoms with van der Waals surface area (Å²) in [5.41, 5.74) is 0.316. The largest absolute Gasteiger partial charge is 0.339 e. The number of carbonyl (C=O) groups is 2. The Kier molecular flexibility index (Phi) is 12.6. The molecular weight excluding hydrogens is 422 g/mol. The molecular formula is C29H53N3O2. The van der Waals surface area contributed by atoms with E-state index in [0.717, 1.165) is 50.7 Å². The second kappa shape index (κ2) is 14.1. The minimum absolute atomic E-state index is 0.0757. The van der Waals surface area contributed by atoms with E-state index in [2.05, 4.69) is 73.6 Å². The van der Waals surface area contributed by atoms with Gasteiger partial charge in [-0.05, 0) is 80.5 Å². The van der Waals surface area contributed by atoms with E-state index in [0.29, 0.717) is 23.3 Å². The second-order valence-corrected chi connectivity index (χ2v) is 12.1. The molecule has 5 heteroatoms. The standard InChI is InChI=1S/C11H19NO.C10H17NO.C8H17N/c1-5-10(13)12-7-6-9(8-12)11(2,3)4;1-4-10(12)11-7-5-6-9(11)8(2)3;1-7(2)8-4-5-9(3)6-8/h5,9H,1,6-8H2,2-4H3;4,8-9H,1,5-7H2,2-3H3;7-8H,4-6H2,1-3H3. The summed E-state index contributed by atoms with van der Waals surface area (Å²) in [5, 5.41) is 0. The van der Waals surface area contributed by atoms with Gasteiger partial charge in [0.25, 0.3) is 0 Å². The third kappa shape index (κ3) is 9.56. The lowest BCUT2D eigenvalue weighted by molar-refractivity contribution is -0.127. The lowest BCUT2D eigenvalue weighted by Gasteiger charge is -2.26. The molecule has 0 saturated carbocycles. The van der Waals surface area contributed by atoms with Crippen LogP contribution in [0, 0.1) is 29.1 Å². The Hall–Kier alpha value is -1.62. The molecule has 3 fully saturated rings. The van der Waals surface area contributed by atoms with Crippen LogP contribution in [0.15, 0.2) is 25.3 Å². The SMILES string of the molecule is C=CC(=O)N1CCC(C(C)(C)C)C1.C=CC(=O)N1CCCC1C(C)C.CC(C)C1CCN(C)C1. The Morgan fingerprint density at radius 2 is 1.47 bits per heavy atom. The molecule has 0 aromatic rings. The zero-order valence-corrected chi connectivity index (χ0v) is 23.5. The van der Waals surface area contributed by atoms with Gasteiger partial charge in [0.05, 0.1) is 0 Å². The molecule has 5 nitrogen and oxygen atoms in total. The number of likely N-dealkylation sites (tertiary alicyclic amines) is 3. The van der Waals surface area contributed by atoms with Gasteiger partial charge in [0.15, 0.2) is 0 Å². The molecule has 34 heavy (non-hydrogen) atoms. The second-order valence-electron chi connectivity index (χ2n) is 12.1. The highest BCUT2D eigenvalue weighted by molar-refractivity contribution is 5.87. The van der Waals surface area contributed by atoms with E-state index in [1.165, 1.54) is 31.7 Å². The van der Waals surface area contributed by atoms with Crippen LogP contribution in [0.1, 0.15) is 74.1 Å². The van der Waals surface area contributed by atoms with Crippen molar-refractivity contribution in [3.63, 3.8) is 0 Å². The molecule has 0 aromatic heterocycles. The number of hydrogen-bond donors (Lipinski definition) is 0. The highest BCUT2D eigenvalue weighted by Crippen LogP contribution is 2.33. The van der Waals surface area contributed by atoms with Crippen molar-refractivity contribution < 1.29 is 9.59 Å². The van der Waals surface area contributed by atoms with Crippen molar-refractivity contribution in [2.45, 2.75) is 80.2 Å². The van der Waals surface area contributed by atoms with Crippen LogP contribution in [-0.2, 0) is 9.59 Å². The zero-order valence-electron chi connectivity index (χ0n) is 23.5. The van der Waals surface area contributed by atoms with Gasteiger partial charge < -0.3 is 14.7 Å². The average Bonchev–Trinajstić information content (AvgIpc) is 3.52. The number of nitrogens with zero attached hydrogens (tertiary/aromatic N) is 3. The zero-order chi connectivity index (χ0) is 26.1. The van der Waals surface area contributed by atoms with Crippen LogP contribution in [0.5, 0.6) is 0 Å². The number of amides is 2. The van der Waals surface area contributed by atoms with Gasteiger partial charge in [-0.3, -0.25) is 9.59 Å². The minimum Gasteiger partial charge on any atom is -0.339 e. The third-order valence-electron chi connectivity index (χ3n) is 7.80. The van der Waals surface area contributed by atoms with Crippen LogP contribution in [0.3, 0.4) is 0 Å². The maximum atomic E-state index is 11.3. The van der Waals surface area contributed by atoms with Crippen LogP contribution in [0.25, 0.3) is 0 Å². The van der Waals surface area contributed by atoms with Crippen molar-refractivity contribution in [2.75, 3.05) is 39.8 Å². The average molecular weight is 476 g/mol. The minimum atomic E-state index is 0.0757. The highest BCUT2D eigenvalue weighted by atomic mass is 16.2. The molecule has 0 aromatic carbocycles. The summed E-state index contributed by atoms with van der Waals surface area (Å²) in [6, 6.07) is 0.440. The predicted molar refractivity (Wildman–Crippen MR) is 145 cm³/mol. The van der Waals surface area contributed by atoms with E-state index in [1.54, 1.807) is 0 Å². The molecule has 196 valence electrons. The Morgan fingerprint density at radius 1 is 0.853 bits per heavy atom. The molecule has 0 spiro atoms. The molecule has 3 unspecified atom stereocenters. The van der Waals surface area contributed by atoms with Crippen molar-refractivity contribution in [1.82, 2.24) is 14.7 Å². The molecule has 0 N–H and O–H groups in total. The Morgan fingerprint density at radius 3 is 1.85 bits per heavy atom. The van der Waals surface area contributed by atoms with E-state index in [4.69, 9.17) is 0 Å². The van der Waals surface area contributed by atoms with Gasteiger partial charge in [-0.1, -0.05) is 61.6 Å². The van der Waals surface area contributed by atoms with Gasteiger partial charge in [0.2, 0.25) is 11.8 Å². The number of carbonyl (C=O) groups excluding carboxylic acids is 2. The van der Waals surface area contributed by atoms with Crippen LogP contribution < -0.4 is 0 Å². The lowest BCUT2D eigenvalue weighted by Crippen LogP contribution is -2.37. The molecule has 3 atom stereocenters. The fourth-order valence-electron chi connectivity index (χ4n) is 5.19. The molecule has 0 radical (unpaired) electrons. The van der Waals surface area contributed by atoms with Crippen LogP contribution in [0.4, 0.5) is 0 Å². The molecule has 3 saturated heterocycles. The first-order chi connectivity index (χ1) is 15.8. The Labute approximate surface area is 210 Å². The van der Waals surface area contributed by atoms with Gasteiger partial charge in [-0.15, -0.1) is 0 Å². The molecule has 3 heterocycles. The smallest absolute Gasteiger partial charge is 0.246 e. The monoisotopic (exact) mass is 475 g/mol. The van der Waals surface area contributed by atoms with Crippen LogP contribution in [0.2, 0.25) is 0 Å². The summed E-state index contributed by atoms with van der Waals surface area (Å²) < 4.78 is 0. The molecule has 3 aliphatic heterocycles. The van der Waals surface area contributed by atoms with Crippen molar-refractivity contribution in [3.8, 4) is 0 Å². The van der Waals surface area contributed by atoms with E-state index in [9.17, 15) is 9.59 Å². The van der Waals surface area contributed by atoms with Crippen molar-refractivity contribution in [2.24, 2.45) is 29.1 Å². The van der Waals surface area contributed by atoms with Crippen molar-refractivity contribution >= 4 is 11.8 Å². The summed E-state index contributed by atoms with van der Waals surface area (Å²) in [6.07, 6.45) is 7.66.